The molecule has 0 amide bonds. The Bertz CT molecular complexity index is 365. The van der Waals surface area contributed by atoms with Gasteiger partial charge >= 0.3 is 0 Å². The second-order valence-electron chi connectivity index (χ2n) is 5.31. The topological polar surface area (TPSA) is 6.48 Å². The molecular weight excluding hydrogens is 208 g/mol. The SMILES string of the molecule is Cc1ccc(CCN2CCN(C)CC2)cc1C. The molecule has 0 N–H and O–H groups in total. The molecule has 0 radical (unpaired) electrons. The molecule has 1 saturated heterocycles. The van der Waals surface area contributed by atoms with Gasteiger partial charge in [0.2, 0.25) is 0 Å². The van der Waals surface area contributed by atoms with E-state index < -0.39 is 0 Å². The number of piperazine rings is 1. The average molecular weight is 232 g/mol. The van der Waals surface area contributed by atoms with Crippen LogP contribution in [0.25, 0.3) is 0 Å². The van der Waals surface area contributed by atoms with Crippen molar-refractivity contribution in [3.63, 3.8) is 0 Å². The first-order valence-corrected chi connectivity index (χ1v) is 6.62. The van der Waals surface area contributed by atoms with Crippen molar-refractivity contribution in [1.82, 2.24) is 9.80 Å². The molecule has 0 saturated carbocycles. The zero-order valence-electron chi connectivity index (χ0n) is 11.4. The van der Waals surface area contributed by atoms with Gasteiger partial charge in [0.25, 0.3) is 0 Å². The Balaban J connectivity index is 1.83. The van der Waals surface area contributed by atoms with Gasteiger partial charge in [-0.3, -0.25) is 0 Å². The fourth-order valence-electron chi connectivity index (χ4n) is 2.32. The van der Waals surface area contributed by atoms with Crippen molar-refractivity contribution in [1.29, 1.82) is 0 Å². The number of rotatable bonds is 3. The quantitative estimate of drug-likeness (QED) is 0.787. The monoisotopic (exact) mass is 232 g/mol. The molecule has 17 heavy (non-hydrogen) atoms. The molecular formula is C15H24N2. The van der Waals surface area contributed by atoms with E-state index in [-0.39, 0.29) is 0 Å². The Morgan fingerprint density at radius 3 is 2.35 bits per heavy atom. The minimum atomic E-state index is 1.19. The van der Waals surface area contributed by atoms with Crippen LogP contribution >= 0.6 is 0 Å². The minimum Gasteiger partial charge on any atom is -0.304 e. The van der Waals surface area contributed by atoms with Gasteiger partial charge in [0.1, 0.15) is 0 Å². The zero-order valence-corrected chi connectivity index (χ0v) is 11.4. The number of likely N-dealkylation sites (N-methyl/N-ethyl adjacent to an activating group) is 1. The van der Waals surface area contributed by atoms with Crippen LogP contribution in [0.4, 0.5) is 0 Å². The molecule has 2 heteroatoms. The molecule has 1 aliphatic heterocycles. The predicted octanol–water partition coefficient (Wildman–Crippen LogP) is 2.09. The predicted molar refractivity (Wildman–Crippen MR) is 73.6 cm³/mol. The minimum absolute atomic E-state index is 1.19. The van der Waals surface area contributed by atoms with Crippen LogP contribution in [-0.2, 0) is 6.42 Å². The van der Waals surface area contributed by atoms with Gasteiger partial charge in [-0.2, -0.15) is 0 Å². The third-order valence-electron chi connectivity index (χ3n) is 3.88. The first-order chi connectivity index (χ1) is 8.15. The van der Waals surface area contributed by atoms with Gasteiger partial charge in [0, 0.05) is 32.7 Å². The largest absolute Gasteiger partial charge is 0.304 e. The van der Waals surface area contributed by atoms with Crippen LogP contribution in [-0.4, -0.2) is 49.6 Å². The molecule has 1 aromatic carbocycles. The normalized spacial score (nSPS) is 18.5. The summed E-state index contributed by atoms with van der Waals surface area (Å²) >= 11 is 0. The van der Waals surface area contributed by atoms with Crippen molar-refractivity contribution in [3.8, 4) is 0 Å². The summed E-state index contributed by atoms with van der Waals surface area (Å²) in [5.41, 5.74) is 4.29. The van der Waals surface area contributed by atoms with Crippen molar-refractivity contribution in [2.45, 2.75) is 20.3 Å². The van der Waals surface area contributed by atoms with E-state index in [9.17, 15) is 0 Å². The van der Waals surface area contributed by atoms with E-state index in [1.54, 1.807) is 0 Å². The van der Waals surface area contributed by atoms with Gasteiger partial charge < -0.3 is 9.80 Å². The second-order valence-corrected chi connectivity index (χ2v) is 5.31. The van der Waals surface area contributed by atoms with E-state index >= 15 is 0 Å². The maximum Gasteiger partial charge on any atom is 0.0110 e. The summed E-state index contributed by atoms with van der Waals surface area (Å²) in [5, 5.41) is 0. The Labute approximate surface area is 105 Å². The van der Waals surface area contributed by atoms with E-state index in [1.807, 2.05) is 0 Å². The summed E-state index contributed by atoms with van der Waals surface area (Å²) in [6, 6.07) is 6.86. The molecule has 0 atom stereocenters. The number of aryl methyl sites for hydroxylation is 2. The molecule has 0 aliphatic carbocycles. The van der Waals surface area contributed by atoms with Gasteiger partial charge in [0.05, 0.1) is 0 Å². The molecule has 0 unspecified atom stereocenters. The highest BCUT2D eigenvalue weighted by Gasteiger charge is 2.13. The smallest absolute Gasteiger partial charge is 0.0110 e. The molecule has 0 spiro atoms. The van der Waals surface area contributed by atoms with Gasteiger partial charge in [-0.1, -0.05) is 18.2 Å². The highest BCUT2D eigenvalue weighted by Crippen LogP contribution is 2.11. The van der Waals surface area contributed by atoms with Crippen molar-refractivity contribution in [2.24, 2.45) is 0 Å². The Kier molecular flexibility index (Phi) is 4.19. The number of hydrogen-bond acceptors (Lipinski definition) is 2. The van der Waals surface area contributed by atoms with Crippen LogP contribution in [0.5, 0.6) is 0 Å². The van der Waals surface area contributed by atoms with Gasteiger partial charge in [-0.05, 0) is 44.0 Å². The Morgan fingerprint density at radius 1 is 1.00 bits per heavy atom. The average Bonchev–Trinajstić information content (AvgIpc) is 2.33. The molecule has 94 valence electrons. The van der Waals surface area contributed by atoms with E-state index in [0.29, 0.717) is 0 Å². The van der Waals surface area contributed by atoms with Gasteiger partial charge in [-0.15, -0.1) is 0 Å². The fraction of sp³-hybridized carbons (Fsp3) is 0.600. The fourth-order valence-corrected chi connectivity index (χ4v) is 2.32. The van der Waals surface area contributed by atoms with Gasteiger partial charge in [0.15, 0.2) is 0 Å². The maximum absolute atomic E-state index is 2.58. The van der Waals surface area contributed by atoms with E-state index in [0.717, 1.165) is 0 Å². The molecule has 2 nitrogen and oxygen atoms in total. The molecule has 1 aromatic rings. The Hall–Kier alpha value is -0.860. The van der Waals surface area contributed by atoms with E-state index in [4.69, 9.17) is 0 Å². The molecule has 0 aromatic heterocycles. The van der Waals surface area contributed by atoms with E-state index in [2.05, 4.69) is 48.9 Å². The van der Waals surface area contributed by atoms with Crippen LogP contribution in [0.3, 0.4) is 0 Å². The van der Waals surface area contributed by atoms with Crippen LogP contribution < -0.4 is 0 Å². The van der Waals surface area contributed by atoms with Crippen molar-refractivity contribution in [2.75, 3.05) is 39.8 Å². The highest BCUT2D eigenvalue weighted by molar-refractivity contribution is 5.30. The number of hydrogen-bond donors (Lipinski definition) is 0. The summed E-state index contributed by atoms with van der Waals surface area (Å²) in [6.07, 6.45) is 1.19. The van der Waals surface area contributed by atoms with Crippen molar-refractivity contribution >= 4 is 0 Å². The van der Waals surface area contributed by atoms with Crippen LogP contribution in [0.2, 0.25) is 0 Å². The van der Waals surface area contributed by atoms with Crippen LogP contribution in [0, 0.1) is 13.8 Å². The van der Waals surface area contributed by atoms with Crippen LogP contribution in [0.15, 0.2) is 18.2 Å². The summed E-state index contributed by atoms with van der Waals surface area (Å²) in [4.78, 5) is 4.99. The summed E-state index contributed by atoms with van der Waals surface area (Å²) in [5.74, 6) is 0. The standard InChI is InChI=1S/C15H24N2/c1-13-4-5-15(12-14(13)2)6-7-17-10-8-16(3)9-11-17/h4-5,12H,6-11H2,1-3H3. The molecule has 2 rings (SSSR count). The third kappa shape index (κ3) is 3.55. The summed E-state index contributed by atoms with van der Waals surface area (Å²) in [7, 11) is 2.21. The maximum atomic E-state index is 2.58. The zero-order chi connectivity index (χ0) is 12.3. The third-order valence-corrected chi connectivity index (χ3v) is 3.88. The van der Waals surface area contributed by atoms with E-state index in [1.165, 1.54) is 55.8 Å². The summed E-state index contributed by atoms with van der Waals surface area (Å²) in [6.45, 7) is 10.5. The Morgan fingerprint density at radius 2 is 1.71 bits per heavy atom. The lowest BCUT2D eigenvalue weighted by Crippen LogP contribution is -2.45. The lowest BCUT2D eigenvalue weighted by Gasteiger charge is -2.32. The molecule has 1 fully saturated rings. The van der Waals surface area contributed by atoms with Gasteiger partial charge in [-0.25, -0.2) is 0 Å². The molecule has 1 heterocycles. The lowest BCUT2D eigenvalue weighted by molar-refractivity contribution is 0.155. The number of nitrogens with zero attached hydrogens (tertiary/aromatic N) is 2. The first-order valence-electron chi connectivity index (χ1n) is 6.62. The molecule has 0 bridgehead atoms. The summed E-state index contributed by atoms with van der Waals surface area (Å²) < 4.78 is 0. The highest BCUT2D eigenvalue weighted by atomic mass is 15.2. The first kappa shape index (κ1) is 12.6. The van der Waals surface area contributed by atoms with Crippen molar-refractivity contribution < 1.29 is 0 Å². The lowest BCUT2D eigenvalue weighted by atomic mass is 10.0. The number of benzene rings is 1. The van der Waals surface area contributed by atoms with Crippen LogP contribution in [0.1, 0.15) is 16.7 Å². The van der Waals surface area contributed by atoms with Crippen molar-refractivity contribution in [3.05, 3.63) is 34.9 Å². The molecule has 1 aliphatic rings. The second kappa shape index (κ2) is 5.65.